The first-order chi connectivity index (χ1) is 13.5. The van der Waals surface area contributed by atoms with Crippen molar-refractivity contribution in [1.29, 1.82) is 0 Å². The van der Waals surface area contributed by atoms with Crippen LogP contribution in [-0.4, -0.2) is 52.3 Å². The number of para-hydroxylation sites is 2. The minimum absolute atomic E-state index is 0.0629. The summed E-state index contributed by atoms with van der Waals surface area (Å²) < 4.78 is 16.2. The van der Waals surface area contributed by atoms with E-state index in [1.807, 2.05) is 23.1 Å². The van der Waals surface area contributed by atoms with Crippen LogP contribution >= 0.6 is 0 Å². The molecule has 148 valence electrons. The molecule has 0 radical (unpaired) electrons. The maximum Gasteiger partial charge on any atom is 0.262 e. The van der Waals surface area contributed by atoms with Gasteiger partial charge >= 0.3 is 0 Å². The Labute approximate surface area is 163 Å². The van der Waals surface area contributed by atoms with Crippen LogP contribution in [0.15, 0.2) is 42.5 Å². The number of anilines is 2. The molecule has 3 rings (SSSR count). The summed E-state index contributed by atoms with van der Waals surface area (Å²) >= 11 is 0. The van der Waals surface area contributed by atoms with E-state index in [0.29, 0.717) is 22.9 Å². The van der Waals surface area contributed by atoms with E-state index in [-0.39, 0.29) is 24.9 Å². The molecular weight excluding hydrogens is 362 g/mol. The van der Waals surface area contributed by atoms with Gasteiger partial charge in [0, 0.05) is 30.9 Å². The van der Waals surface area contributed by atoms with E-state index < -0.39 is 6.10 Å². The summed E-state index contributed by atoms with van der Waals surface area (Å²) in [7, 11) is 4.65. The Morgan fingerprint density at radius 1 is 1.14 bits per heavy atom. The molecule has 1 aliphatic heterocycles. The number of fused-ring (bicyclic) bond motifs is 1. The van der Waals surface area contributed by atoms with Crippen LogP contribution in [0.25, 0.3) is 0 Å². The quantitative estimate of drug-likeness (QED) is 0.786. The van der Waals surface area contributed by atoms with Crippen molar-refractivity contribution in [1.82, 2.24) is 5.32 Å². The number of rotatable bonds is 6. The van der Waals surface area contributed by atoms with Gasteiger partial charge in [0.1, 0.15) is 17.2 Å². The zero-order valence-corrected chi connectivity index (χ0v) is 16.0. The lowest BCUT2D eigenvalue weighted by Crippen LogP contribution is -2.50. The Bertz CT molecular complexity index is 848. The van der Waals surface area contributed by atoms with Gasteiger partial charge in [0.2, 0.25) is 5.91 Å². The highest BCUT2D eigenvalue weighted by atomic mass is 16.5. The number of ether oxygens (including phenoxy) is 3. The zero-order valence-electron chi connectivity index (χ0n) is 16.0. The van der Waals surface area contributed by atoms with Crippen LogP contribution in [0.5, 0.6) is 17.2 Å². The third kappa shape index (κ3) is 4.28. The topological polar surface area (TPSA) is 89.1 Å². The predicted octanol–water partition coefficient (Wildman–Crippen LogP) is 1.66. The monoisotopic (exact) mass is 385 g/mol. The molecule has 0 fully saturated rings. The number of nitrogens with one attached hydrogen (secondary N) is 2. The van der Waals surface area contributed by atoms with Crippen molar-refractivity contribution in [3.05, 3.63) is 42.5 Å². The molecule has 2 aromatic carbocycles. The number of likely N-dealkylation sites (N-methyl/N-ethyl adjacent to an activating group) is 1. The molecule has 0 unspecified atom stereocenters. The number of benzene rings is 2. The van der Waals surface area contributed by atoms with Gasteiger partial charge in [-0.3, -0.25) is 9.59 Å². The third-order valence-corrected chi connectivity index (χ3v) is 4.37. The second-order valence-electron chi connectivity index (χ2n) is 6.22. The van der Waals surface area contributed by atoms with E-state index >= 15 is 0 Å². The van der Waals surface area contributed by atoms with Crippen molar-refractivity contribution in [3.63, 3.8) is 0 Å². The number of hydrogen-bond donors (Lipinski definition) is 2. The molecule has 0 saturated heterocycles. The molecular formula is C20H23N3O5. The minimum Gasteiger partial charge on any atom is -0.497 e. The first-order valence-electron chi connectivity index (χ1n) is 8.79. The van der Waals surface area contributed by atoms with Crippen molar-refractivity contribution in [3.8, 4) is 17.2 Å². The van der Waals surface area contributed by atoms with Crippen LogP contribution < -0.4 is 29.7 Å². The second kappa shape index (κ2) is 8.51. The van der Waals surface area contributed by atoms with Crippen LogP contribution in [0.4, 0.5) is 11.4 Å². The van der Waals surface area contributed by atoms with Gasteiger partial charge < -0.3 is 29.7 Å². The summed E-state index contributed by atoms with van der Waals surface area (Å²) in [4.78, 5) is 26.5. The maximum atomic E-state index is 12.7. The molecule has 8 heteroatoms. The lowest BCUT2D eigenvalue weighted by atomic mass is 10.1. The molecule has 1 aliphatic rings. The number of methoxy groups -OCH3 is 2. The molecule has 0 saturated carbocycles. The summed E-state index contributed by atoms with van der Waals surface area (Å²) in [6.45, 7) is 0.332. The first-order valence-corrected chi connectivity index (χ1v) is 8.79. The van der Waals surface area contributed by atoms with Gasteiger partial charge in [-0.1, -0.05) is 12.1 Å². The highest BCUT2D eigenvalue weighted by Gasteiger charge is 2.31. The molecule has 2 aromatic rings. The standard InChI is InChI=1S/C20H23N3O5/c1-21-20(25)18-11-23(16-6-4-5-7-17(16)28-18)12-19(24)22-13-8-14(26-2)10-15(9-13)27-3/h4-10,18H,11-12H2,1-3H3,(H,21,25)(H,22,24)/t18-/m0/s1. The average molecular weight is 385 g/mol. The SMILES string of the molecule is CNC(=O)[C@@H]1CN(CC(=O)Nc2cc(OC)cc(OC)c2)c2ccccc2O1. The largest absolute Gasteiger partial charge is 0.497 e. The van der Waals surface area contributed by atoms with E-state index in [2.05, 4.69) is 10.6 Å². The zero-order chi connectivity index (χ0) is 20.1. The van der Waals surface area contributed by atoms with E-state index in [1.54, 1.807) is 45.5 Å². The van der Waals surface area contributed by atoms with Crippen LogP contribution in [0.1, 0.15) is 0 Å². The molecule has 0 spiro atoms. The molecule has 0 bridgehead atoms. The van der Waals surface area contributed by atoms with Gasteiger partial charge in [0.25, 0.3) is 5.91 Å². The smallest absolute Gasteiger partial charge is 0.262 e. The van der Waals surface area contributed by atoms with Crippen molar-refractivity contribution in [2.75, 3.05) is 44.6 Å². The van der Waals surface area contributed by atoms with Crippen LogP contribution in [0.2, 0.25) is 0 Å². The highest BCUT2D eigenvalue weighted by molar-refractivity contribution is 5.95. The number of carbonyl (C=O) groups is 2. The second-order valence-corrected chi connectivity index (χ2v) is 6.22. The Kier molecular flexibility index (Phi) is 5.88. The molecule has 28 heavy (non-hydrogen) atoms. The molecule has 8 nitrogen and oxygen atoms in total. The molecule has 1 heterocycles. The Balaban J connectivity index is 1.76. The summed E-state index contributed by atoms with van der Waals surface area (Å²) in [6.07, 6.45) is -0.690. The Hall–Kier alpha value is -3.42. The molecule has 2 N–H and O–H groups in total. The van der Waals surface area contributed by atoms with E-state index in [9.17, 15) is 9.59 Å². The van der Waals surface area contributed by atoms with Gasteiger partial charge in [-0.15, -0.1) is 0 Å². The summed E-state index contributed by atoms with van der Waals surface area (Å²) in [5, 5.41) is 5.43. The van der Waals surface area contributed by atoms with Crippen molar-refractivity contribution in [2.45, 2.75) is 6.10 Å². The number of amides is 2. The van der Waals surface area contributed by atoms with Gasteiger partial charge in [-0.05, 0) is 12.1 Å². The Morgan fingerprint density at radius 2 is 1.82 bits per heavy atom. The number of nitrogens with zero attached hydrogens (tertiary/aromatic N) is 1. The van der Waals surface area contributed by atoms with Crippen molar-refractivity contribution >= 4 is 23.2 Å². The van der Waals surface area contributed by atoms with Crippen molar-refractivity contribution in [2.24, 2.45) is 0 Å². The van der Waals surface area contributed by atoms with Gasteiger partial charge in [-0.25, -0.2) is 0 Å². The van der Waals surface area contributed by atoms with Gasteiger partial charge in [0.05, 0.1) is 33.0 Å². The van der Waals surface area contributed by atoms with Gasteiger partial charge in [0.15, 0.2) is 6.10 Å². The molecule has 2 amide bonds. The summed E-state index contributed by atoms with van der Waals surface area (Å²) in [6, 6.07) is 12.5. The third-order valence-electron chi connectivity index (χ3n) is 4.37. The summed E-state index contributed by atoms with van der Waals surface area (Å²) in [5.74, 6) is 1.25. The van der Waals surface area contributed by atoms with E-state index in [0.717, 1.165) is 5.69 Å². The fourth-order valence-electron chi connectivity index (χ4n) is 3.01. The molecule has 1 atom stereocenters. The van der Waals surface area contributed by atoms with Crippen molar-refractivity contribution < 1.29 is 23.8 Å². The van der Waals surface area contributed by atoms with Crippen LogP contribution in [0, 0.1) is 0 Å². The van der Waals surface area contributed by atoms with E-state index in [4.69, 9.17) is 14.2 Å². The molecule has 0 aromatic heterocycles. The predicted molar refractivity (Wildman–Crippen MR) is 105 cm³/mol. The molecule has 0 aliphatic carbocycles. The first kappa shape index (κ1) is 19.3. The maximum absolute atomic E-state index is 12.7. The van der Waals surface area contributed by atoms with Crippen LogP contribution in [0.3, 0.4) is 0 Å². The van der Waals surface area contributed by atoms with E-state index in [1.165, 1.54) is 0 Å². The lowest BCUT2D eigenvalue weighted by molar-refractivity contribution is -0.127. The normalized spacial score (nSPS) is 15.1. The van der Waals surface area contributed by atoms with Crippen LogP contribution in [-0.2, 0) is 9.59 Å². The Morgan fingerprint density at radius 3 is 2.46 bits per heavy atom. The van der Waals surface area contributed by atoms with Gasteiger partial charge in [-0.2, -0.15) is 0 Å². The highest BCUT2D eigenvalue weighted by Crippen LogP contribution is 2.33. The summed E-state index contributed by atoms with van der Waals surface area (Å²) in [5.41, 5.74) is 1.33. The average Bonchev–Trinajstić information content (AvgIpc) is 2.72. The lowest BCUT2D eigenvalue weighted by Gasteiger charge is -2.35. The fraction of sp³-hybridized carbons (Fsp3) is 0.300. The number of carbonyl (C=O) groups excluding carboxylic acids is 2. The fourth-order valence-corrected chi connectivity index (χ4v) is 3.01. The minimum atomic E-state index is -0.690. The number of hydrogen-bond acceptors (Lipinski definition) is 6.